The van der Waals surface area contributed by atoms with Gasteiger partial charge in [-0.3, -0.25) is 0 Å². The van der Waals surface area contributed by atoms with Crippen molar-refractivity contribution in [2.45, 2.75) is 44.6 Å². The van der Waals surface area contributed by atoms with E-state index in [2.05, 4.69) is 5.32 Å². The quantitative estimate of drug-likeness (QED) is 0.814. The Morgan fingerprint density at radius 2 is 1.95 bits per heavy atom. The summed E-state index contributed by atoms with van der Waals surface area (Å²) in [6.07, 6.45) is 7.70. The second kappa shape index (κ2) is 5.96. The molecule has 1 N–H and O–H groups in total. The summed E-state index contributed by atoms with van der Waals surface area (Å²) in [6.45, 7) is 0. The molecule has 1 aromatic carbocycles. The number of benzene rings is 1. The summed E-state index contributed by atoms with van der Waals surface area (Å²) in [6, 6.07) is 7.28. The second-order valence-electron chi connectivity index (χ2n) is 5.82. The van der Waals surface area contributed by atoms with E-state index in [-0.39, 0.29) is 11.9 Å². The Bertz CT molecular complexity index is 569. The van der Waals surface area contributed by atoms with Crippen LogP contribution in [0, 0.1) is 11.7 Å². The predicted octanol–water partition coefficient (Wildman–Crippen LogP) is 4.80. The van der Waals surface area contributed by atoms with Crippen molar-refractivity contribution in [3.8, 4) is 0 Å². The molecule has 1 saturated carbocycles. The number of hydrogen-bond donors (Lipinski definition) is 1. The van der Waals surface area contributed by atoms with Crippen molar-refractivity contribution in [1.82, 2.24) is 5.32 Å². The number of furan rings is 1. The van der Waals surface area contributed by atoms with Crippen molar-refractivity contribution in [3.63, 3.8) is 0 Å². The minimum atomic E-state index is -0.274. The van der Waals surface area contributed by atoms with Gasteiger partial charge < -0.3 is 9.73 Å². The minimum Gasteiger partial charge on any atom is -0.456 e. The fourth-order valence-corrected chi connectivity index (χ4v) is 3.46. The van der Waals surface area contributed by atoms with Gasteiger partial charge in [0.2, 0.25) is 0 Å². The predicted molar refractivity (Wildman–Crippen MR) is 79.2 cm³/mol. The Labute approximate surface area is 119 Å². The SMILES string of the molecule is CNC(c1cc2cccc(F)c2o1)C1CCCCCC1. The van der Waals surface area contributed by atoms with Crippen molar-refractivity contribution < 1.29 is 8.81 Å². The summed E-state index contributed by atoms with van der Waals surface area (Å²) in [5, 5.41) is 4.24. The molecule has 1 atom stereocenters. The first-order valence-corrected chi connectivity index (χ1v) is 7.65. The van der Waals surface area contributed by atoms with Crippen LogP contribution in [0.15, 0.2) is 28.7 Å². The Hall–Kier alpha value is -1.35. The maximum absolute atomic E-state index is 13.8. The smallest absolute Gasteiger partial charge is 0.169 e. The third-order valence-corrected chi connectivity index (χ3v) is 4.50. The van der Waals surface area contributed by atoms with E-state index in [0.717, 1.165) is 11.1 Å². The number of hydrogen-bond acceptors (Lipinski definition) is 2. The lowest BCUT2D eigenvalue weighted by Gasteiger charge is -2.23. The van der Waals surface area contributed by atoms with Crippen molar-refractivity contribution >= 4 is 11.0 Å². The average Bonchev–Trinajstić information content (AvgIpc) is 2.70. The lowest BCUT2D eigenvalue weighted by molar-refractivity contribution is 0.301. The number of halogens is 1. The number of para-hydroxylation sites is 1. The largest absolute Gasteiger partial charge is 0.456 e. The van der Waals surface area contributed by atoms with E-state index in [1.54, 1.807) is 6.07 Å². The third kappa shape index (κ3) is 2.59. The second-order valence-corrected chi connectivity index (χ2v) is 5.82. The maximum Gasteiger partial charge on any atom is 0.169 e. The first-order valence-electron chi connectivity index (χ1n) is 7.65. The Morgan fingerprint density at radius 1 is 1.20 bits per heavy atom. The van der Waals surface area contributed by atoms with Crippen molar-refractivity contribution in [2.24, 2.45) is 5.92 Å². The molecule has 1 unspecified atom stereocenters. The summed E-state index contributed by atoms with van der Waals surface area (Å²) < 4.78 is 19.6. The summed E-state index contributed by atoms with van der Waals surface area (Å²) in [7, 11) is 1.97. The van der Waals surface area contributed by atoms with Gasteiger partial charge in [-0.1, -0.05) is 37.8 Å². The topological polar surface area (TPSA) is 25.2 Å². The summed E-state index contributed by atoms with van der Waals surface area (Å²) in [5.74, 6) is 1.19. The molecule has 1 fully saturated rings. The molecule has 3 rings (SSSR count). The van der Waals surface area contributed by atoms with E-state index in [1.165, 1.54) is 44.6 Å². The molecule has 1 aliphatic carbocycles. The van der Waals surface area contributed by atoms with Crippen LogP contribution < -0.4 is 5.32 Å². The van der Waals surface area contributed by atoms with E-state index in [9.17, 15) is 4.39 Å². The molecule has 0 bridgehead atoms. The van der Waals surface area contributed by atoms with Gasteiger partial charge in [-0.15, -0.1) is 0 Å². The zero-order valence-corrected chi connectivity index (χ0v) is 12.0. The molecule has 0 saturated heterocycles. The molecule has 1 aromatic heterocycles. The maximum atomic E-state index is 13.8. The van der Waals surface area contributed by atoms with Crippen LogP contribution in [-0.4, -0.2) is 7.05 Å². The van der Waals surface area contributed by atoms with Gasteiger partial charge in [0.15, 0.2) is 11.4 Å². The standard InChI is InChI=1S/C17H22FNO/c1-19-16(12-7-4-2-3-5-8-12)15-11-13-9-6-10-14(18)17(13)20-15/h6,9-12,16,19H,2-5,7-8H2,1H3. The molecule has 0 aliphatic heterocycles. The molecule has 3 heteroatoms. The van der Waals surface area contributed by atoms with E-state index in [0.29, 0.717) is 11.5 Å². The zero-order chi connectivity index (χ0) is 13.9. The van der Waals surface area contributed by atoms with E-state index in [1.807, 2.05) is 19.2 Å². The molecular formula is C17H22FNO. The molecule has 2 aromatic rings. The van der Waals surface area contributed by atoms with Crippen LogP contribution in [0.1, 0.15) is 50.3 Å². The monoisotopic (exact) mass is 275 g/mol. The Kier molecular flexibility index (Phi) is 4.06. The Morgan fingerprint density at radius 3 is 2.60 bits per heavy atom. The number of fused-ring (bicyclic) bond motifs is 1. The first kappa shape index (κ1) is 13.6. The number of nitrogens with one attached hydrogen (secondary N) is 1. The van der Waals surface area contributed by atoms with Crippen LogP contribution >= 0.6 is 0 Å². The van der Waals surface area contributed by atoms with Crippen LogP contribution in [0.4, 0.5) is 4.39 Å². The van der Waals surface area contributed by atoms with Gasteiger partial charge in [0.25, 0.3) is 0 Å². The van der Waals surface area contributed by atoms with Crippen molar-refractivity contribution in [3.05, 3.63) is 35.8 Å². The molecule has 2 nitrogen and oxygen atoms in total. The van der Waals surface area contributed by atoms with Crippen LogP contribution in [0.5, 0.6) is 0 Å². The molecule has 1 aliphatic rings. The zero-order valence-electron chi connectivity index (χ0n) is 12.0. The van der Waals surface area contributed by atoms with Crippen molar-refractivity contribution in [2.75, 3.05) is 7.05 Å². The molecule has 108 valence electrons. The highest BCUT2D eigenvalue weighted by Crippen LogP contribution is 2.36. The van der Waals surface area contributed by atoms with Gasteiger partial charge in [-0.25, -0.2) is 4.39 Å². The first-order chi connectivity index (χ1) is 9.79. The van der Waals surface area contributed by atoms with Crippen LogP contribution in [0.3, 0.4) is 0 Å². The van der Waals surface area contributed by atoms with Crippen LogP contribution in [-0.2, 0) is 0 Å². The molecule has 20 heavy (non-hydrogen) atoms. The molecule has 1 heterocycles. The third-order valence-electron chi connectivity index (χ3n) is 4.50. The molecule has 0 radical (unpaired) electrons. The van der Waals surface area contributed by atoms with Gasteiger partial charge in [0.05, 0.1) is 6.04 Å². The van der Waals surface area contributed by atoms with Gasteiger partial charge in [0, 0.05) is 5.39 Å². The van der Waals surface area contributed by atoms with Crippen LogP contribution in [0.2, 0.25) is 0 Å². The lowest BCUT2D eigenvalue weighted by Crippen LogP contribution is -2.24. The van der Waals surface area contributed by atoms with Crippen molar-refractivity contribution in [1.29, 1.82) is 0 Å². The van der Waals surface area contributed by atoms with Gasteiger partial charge in [-0.2, -0.15) is 0 Å². The summed E-state index contributed by atoms with van der Waals surface area (Å²) in [5.41, 5.74) is 0.386. The van der Waals surface area contributed by atoms with Crippen LogP contribution in [0.25, 0.3) is 11.0 Å². The van der Waals surface area contributed by atoms with E-state index >= 15 is 0 Å². The van der Waals surface area contributed by atoms with Gasteiger partial charge in [0.1, 0.15) is 5.76 Å². The summed E-state index contributed by atoms with van der Waals surface area (Å²) >= 11 is 0. The van der Waals surface area contributed by atoms with E-state index in [4.69, 9.17) is 4.42 Å². The molecule has 0 amide bonds. The minimum absolute atomic E-state index is 0.194. The highest BCUT2D eigenvalue weighted by Gasteiger charge is 2.26. The fourth-order valence-electron chi connectivity index (χ4n) is 3.46. The van der Waals surface area contributed by atoms with Gasteiger partial charge in [-0.05, 0) is 37.9 Å². The fraction of sp³-hybridized carbons (Fsp3) is 0.529. The molecular weight excluding hydrogens is 253 g/mol. The highest BCUT2D eigenvalue weighted by molar-refractivity contribution is 5.78. The lowest BCUT2D eigenvalue weighted by atomic mass is 9.90. The number of rotatable bonds is 3. The van der Waals surface area contributed by atoms with Gasteiger partial charge >= 0.3 is 0 Å². The summed E-state index contributed by atoms with van der Waals surface area (Å²) in [4.78, 5) is 0. The van der Waals surface area contributed by atoms with E-state index < -0.39 is 0 Å². The normalized spacial score (nSPS) is 19.1. The highest BCUT2D eigenvalue weighted by atomic mass is 19.1. The Balaban J connectivity index is 1.92. The molecule has 0 spiro atoms. The average molecular weight is 275 g/mol.